The number of hydrogen-bond acceptors (Lipinski definition) is 15. The number of ether oxygens (including phenoxy) is 4. The minimum atomic E-state index is -4.95. The average Bonchev–Trinajstić information content (AvgIpc) is 3.32. The van der Waals surface area contributed by atoms with Crippen LogP contribution in [0.1, 0.15) is 363 Å². The molecule has 0 aromatic carbocycles. The second kappa shape index (κ2) is 63.1. The summed E-state index contributed by atoms with van der Waals surface area (Å²) in [6.45, 7) is 9.50. The standard InChI is InChI=1S/C71H138O17P2/c1-7-9-11-13-15-16-17-18-19-20-21-22-23-31-37-43-49-55-70(75)88-67(60-82-69(74)54-48-42-36-30-26-24-28-34-39-45-51-63(3)4)62-86-90(79,80)84-58-65(72)57-83-89(77,78)85-61-66(59-81-68(73)53-47-41-33-14-12-10-8-2)87-71(76)56-50-44-38-32-27-25-29-35-40-46-52-64(5)6/h63-67,72H,7-62H2,1-6H3,(H,77,78)(H,79,80)/t65-,66+,67+/m0/s1. The first-order valence-electron chi connectivity index (χ1n) is 37.0. The van der Waals surface area contributed by atoms with Crippen molar-refractivity contribution < 1.29 is 80.2 Å². The van der Waals surface area contributed by atoms with E-state index < -0.39 is 97.5 Å². The summed E-state index contributed by atoms with van der Waals surface area (Å²) in [6, 6.07) is 0. The third-order valence-electron chi connectivity index (χ3n) is 16.5. The molecular weight excluding hydrogens is 1190 g/mol. The first-order chi connectivity index (χ1) is 43.4. The van der Waals surface area contributed by atoms with Crippen molar-refractivity contribution in [3.8, 4) is 0 Å². The van der Waals surface area contributed by atoms with Crippen LogP contribution in [0, 0.1) is 11.8 Å². The summed E-state index contributed by atoms with van der Waals surface area (Å²) in [5.41, 5.74) is 0. The highest BCUT2D eigenvalue weighted by Crippen LogP contribution is 2.45. The van der Waals surface area contributed by atoms with Crippen molar-refractivity contribution in [3.63, 3.8) is 0 Å². The molecule has 0 aromatic rings. The van der Waals surface area contributed by atoms with Crippen LogP contribution < -0.4 is 0 Å². The van der Waals surface area contributed by atoms with Crippen molar-refractivity contribution in [2.24, 2.45) is 11.8 Å². The van der Waals surface area contributed by atoms with E-state index in [2.05, 4.69) is 41.5 Å². The maximum absolute atomic E-state index is 13.0. The van der Waals surface area contributed by atoms with Crippen LogP contribution in [-0.4, -0.2) is 96.7 Å². The number of unbranched alkanes of at least 4 members (excludes halogenated alkanes) is 40. The zero-order valence-electron chi connectivity index (χ0n) is 58.4. The average molecular weight is 1330 g/mol. The van der Waals surface area contributed by atoms with E-state index in [4.69, 9.17) is 37.0 Å². The van der Waals surface area contributed by atoms with Crippen molar-refractivity contribution in [2.75, 3.05) is 39.6 Å². The molecule has 5 atom stereocenters. The molecule has 3 N–H and O–H groups in total. The van der Waals surface area contributed by atoms with Gasteiger partial charge in [-0.2, -0.15) is 0 Å². The van der Waals surface area contributed by atoms with Crippen LogP contribution in [0.3, 0.4) is 0 Å². The number of carbonyl (C=O) groups is 4. The summed E-state index contributed by atoms with van der Waals surface area (Å²) in [5.74, 6) is -0.616. The molecule has 90 heavy (non-hydrogen) atoms. The molecule has 0 bridgehead atoms. The molecule has 0 aliphatic carbocycles. The monoisotopic (exact) mass is 1320 g/mol. The van der Waals surface area contributed by atoms with Crippen LogP contribution in [0.15, 0.2) is 0 Å². The molecule has 0 rings (SSSR count). The van der Waals surface area contributed by atoms with Gasteiger partial charge in [0.25, 0.3) is 0 Å². The van der Waals surface area contributed by atoms with Crippen molar-refractivity contribution in [1.29, 1.82) is 0 Å². The van der Waals surface area contributed by atoms with Gasteiger partial charge in [-0.15, -0.1) is 0 Å². The van der Waals surface area contributed by atoms with Crippen molar-refractivity contribution >= 4 is 39.5 Å². The van der Waals surface area contributed by atoms with E-state index in [0.717, 1.165) is 115 Å². The summed E-state index contributed by atoms with van der Waals surface area (Å²) >= 11 is 0. The normalized spacial score (nSPS) is 14.1. The molecule has 0 fully saturated rings. The number of carbonyl (C=O) groups excluding carboxylic acids is 4. The van der Waals surface area contributed by atoms with Crippen molar-refractivity contribution in [3.05, 3.63) is 0 Å². The molecule has 0 heterocycles. The minimum Gasteiger partial charge on any atom is -0.462 e. The number of hydrogen-bond donors (Lipinski definition) is 3. The summed E-state index contributed by atoms with van der Waals surface area (Å²) in [4.78, 5) is 72.5. The molecule has 19 heteroatoms. The second-order valence-electron chi connectivity index (χ2n) is 26.6. The van der Waals surface area contributed by atoms with Gasteiger partial charge in [0.1, 0.15) is 19.3 Å². The van der Waals surface area contributed by atoms with Gasteiger partial charge in [-0.25, -0.2) is 9.13 Å². The van der Waals surface area contributed by atoms with Crippen molar-refractivity contribution in [2.45, 2.75) is 381 Å². The van der Waals surface area contributed by atoms with E-state index in [1.54, 1.807) is 0 Å². The lowest BCUT2D eigenvalue weighted by atomic mass is 10.0. The Morgan fingerprint density at radius 3 is 0.756 bits per heavy atom. The van der Waals surface area contributed by atoms with Gasteiger partial charge in [-0.1, -0.05) is 311 Å². The smallest absolute Gasteiger partial charge is 0.462 e. The molecule has 0 aromatic heterocycles. The number of phosphoric ester groups is 2. The van der Waals surface area contributed by atoms with Gasteiger partial charge >= 0.3 is 39.5 Å². The van der Waals surface area contributed by atoms with Gasteiger partial charge in [-0.05, 0) is 37.5 Å². The molecule has 0 saturated carbocycles. The number of esters is 4. The molecule has 2 unspecified atom stereocenters. The van der Waals surface area contributed by atoms with E-state index in [1.807, 2.05) is 0 Å². The quantitative estimate of drug-likeness (QED) is 0.0222. The molecular formula is C71H138O17P2. The highest BCUT2D eigenvalue weighted by atomic mass is 31.2. The molecule has 0 aliphatic rings. The fourth-order valence-electron chi connectivity index (χ4n) is 10.8. The van der Waals surface area contributed by atoms with Gasteiger partial charge in [-0.3, -0.25) is 37.3 Å². The maximum Gasteiger partial charge on any atom is 0.472 e. The topological polar surface area (TPSA) is 237 Å². The zero-order chi connectivity index (χ0) is 66.5. The first-order valence-corrected chi connectivity index (χ1v) is 40.0. The van der Waals surface area contributed by atoms with Gasteiger partial charge in [0, 0.05) is 25.7 Å². The van der Waals surface area contributed by atoms with Gasteiger partial charge in [0.2, 0.25) is 0 Å². The summed E-state index contributed by atoms with van der Waals surface area (Å²) in [7, 11) is -9.90. The molecule has 0 radical (unpaired) electrons. The highest BCUT2D eigenvalue weighted by Gasteiger charge is 2.30. The van der Waals surface area contributed by atoms with E-state index >= 15 is 0 Å². The fourth-order valence-corrected chi connectivity index (χ4v) is 12.3. The van der Waals surface area contributed by atoms with Gasteiger partial charge < -0.3 is 33.8 Å². The van der Waals surface area contributed by atoms with E-state index in [9.17, 15) is 43.2 Å². The molecule has 0 aliphatic heterocycles. The SMILES string of the molecule is CCCCCCCCCCCCCCCCCCCC(=O)O[C@H](COC(=O)CCCCCCCCCCCCC(C)C)COP(=O)(O)OC[C@@H](O)COP(=O)(O)OC[C@@H](COC(=O)CCCCCCCCC)OC(=O)CCCCCCCCCCCCC(C)C. The van der Waals surface area contributed by atoms with Crippen LogP contribution in [-0.2, 0) is 65.4 Å². The molecule has 0 spiro atoms. The number of aliphatic hydroxyl groups is 1. The fraction of sp³-hybridized carbons (Fsp3) is 0.944. The highest BCUT2D eigenvalue weighted by molar-refractivity contribution is 7.47. The van der Waals surface area contributed by atoms with Crippen LogP contribution in [0.4, 0.5) is 0 Å². The third-order valence-corrected chi connectivity index (χ3v) is 18.4. The lowest BCUT2D eigenvalue weighted by Crippen LogP contribution is -2.30. The number of aliphatic hydroxyl groups excluding tert-OH is 1. The van der Waals surface area contributed by atoms with Crippen LogP contribution in [0.25, 0.3) is 0 Å². The maximum atomic E-state index is 13.0. The third kappa shape index (κ3) is 64.8. The minimum absolute atomic E-state index is 0.106. The molecule has 0 saturated heterocycles. The van der Waals surface area contributed by atoms with Crippen LogP contribution in [0.5, 0.6) is 0 Å². The van der Waals surface area contributed by atoms with Gasteiger partial charge in [0.15, 0.2) is 12.2 Å². The molecule has 0 amide bonds. The Bertz CT molecular complexity index is 1750. The van der Waals surface area contributed by atoms with Crippen molar-refractivity contribution in [1.82, 2.24) is 0 Å². The van der Waals surface area contributed by atoms with Crippen LogP contribution in [0.2, 0.25) is 0 Å². The Labute approximate surface area is 549 Å². The predicted octanol–water partition coefficient (Wildman–Crippen LogP) is 20.4. The van der Waals surface area contributed by atoms with Crippen LogP contribution >= 0.6 is 15.6 Å². The lowest BCUT2D eigenvalue weighted by Gasteiger charge is -2.21. The zero-order valence-corrected chi connectivity index (χ0v) is 60.2. The lowest BCUT2D eigenvalue weighted by molar-refractivity contribution is -0.161. The Morgan fingerprint density at radius 2 is 0.511 bits per heavy atom. The number of phosphoric acid groups is 2. The molecule has 17 nitrogen and oxygen atoms in total. The summed E-state index contributed by atoms with van der Waals surface area (Å²) < 4.78 is 68.2. The van der Waals surface area contributed by atoms with E-state index in [1.165, 1.54) is 167 Å². The largest absolute Gasteiger partial charge is 0.472 e. The second-order valence-corrected chi connectivity index (χ2v) is 29.5. The van der Waals surface area contributed by atoms with Gasteiger partial charge in [0.05, 0.1) is 26.4 Å². The Hall–Kier alpha value is -1.94. The summed E-state index contributed by atoms with van der Waals surface area (Å²) in [5, 5.41) is 10.6. The predicted molar refractivity (Wildman–Crippen MR) is 363 cm³/mol. The number of rotatable bonds is 70. The molecule has 534 valence electrons. The Kier molecular flexibility index (Phi) is 61.8. The Morgan fingerprint density at radius 1 is 0.300 bits per heavy atom. The van der Waals surface area contributed by atoms with E-state index in [-0.39, 0.29) is 25.7 Å². The first kappa shape index (κ1) is 88.1. The Balaban J connectivity index is 5.20. The summed E-state index contributed by atoms with van der Waals surface area (Å²) in [6.07, 6.45) is 48.7. The van der Waals surface area contributed by atoms with E-state index in [0.29, 0.717) is 25.7 Å².